The van der Waals surface area contributed by atoms with E-state index < -0.39 is 0 Å². The van der Waals surface area contributed by atoms with Gasteiger partial charge in [-0.25, -0.2) is 0 Å². The number of aliphatic hydroxyl groups excluding tert-OH is 1. The molecule has 0 saturated carbocycles. The molecule has 0 spiro atoms. The van der Waals surface area contributed by atoms with Crippen LogP contribution in [0.5, 0.6) is 0 Å². The van der Waals surface area contributed by atoms with Crippen molar-refractivity contribution < 1.29 is 19.4 Å². The number of carbonyl (C=O) groups excluding carboxylic acids is 1. The standard InChI is InChI=1S/C9H17NO4/c1-6(12)10-7-3-8(5-11)14-9(4-7)13-2/h7-9,11H,3-5H2,1-2H3,(H,10,12). The van der Waals surface area contributed by atoms with Crippen LogP contribution in [0.3, 0.4) is 0 Å². The van der Waals surface area contributed by atoms with E-state index >= 15 is 0 Å². The first-order valence-corrected chi connectivity index (χ1v) is 4.72. The zero-order chi connectivity index (χ0) is 10.6. The molecule has 0 aromatic rings. The summed E-state index contributed by atoms with van der Waals surface area (Å²) in [6.45, 7) is 1.43. The second-order valence-electron chi connectivity index (χ2n) is 3.47. The zero-order valence-corrected chi connectivity index (χ0v) is 8.53. The highest BCUT2D eigenvalue weighted by atomic mass is 16.7. The Balaban J connectivity index is 2.46. The Morgan fingerprint density at radius 3 is 2.86 bits per heavy atom. The fourth-order valence-electron chi connectivity index (χ4n) is 1.65. The van der Waals surface area contributed by atoms with Crippen LogP contribution in [0.25, 0.3) is 0 Å². The van der Waals surface area contributed by atoms with E-state index in [-0.39, 0.29) is 30.9 Å². The van der Waals surface area contributed by atoms with E-state index in [2.05, 4.69) is 5.32 Å². The summed E-state index contributed by atoms with van der Waals surface area (Å²) in [7, 11) is 1.55. The average Bonchev–Trinajstić information content (AvgIpc) is 2.16. The number of hydrogen-bond acceptors (Lipinski definition) is 4. The van der Waals surface area contributed by atoms with E-state index in [0.717, 1.165) is 0 Å². The highest BCUT2D eigenvalue weighted by molar-refractivity contribution is 5.73. The molecule has 1 heterocycles. The molecule has 1 fully saturated rings. The number of methoxy groups -OCH3 is 1. The van der Waals surface area contributed by atoms with Crippen LogP contribution in [0.1, 0.15) is 19.8 Å². The summed E-state index contributed by atoms with van der Waals surface area (Å²) in [5, 5.41) is 11.8. The molecule has 1 saturated heterocycles. The van der Waals surface area contributed by atoms with E-state index in [1.165, 1.54) is 6.92 Å². The Labute approximate surface area is 83.4 Å². The van der Waals surface area contributed by atoms with Crippen molar-refractivity contribution in [3.63, 3.8) is 0 Å². The van der Waals surface area contributed by atoms with Gasteiger partial charge in [0.1, 0.15) is 0 Å². The average molecular weight is 203 g/mol. The van der Waals surface area contributed by atoms with Gasteiger partial charge in [-0.1, -0.05) is 0 Å². The maximum absolute atomic E-state index is 10.8. The van der Waals surface area contributed by atoms with Gasteiger partial charge in [0.05, 0.1) is 12.7 Å². The molecule has 1 amide bonds. The third-order valence-corrected chi connectivity index (χ3v) is 2.24. The predicted octanol–water partition coefficient (Wildman–Crippen LogP) is -0.365. The first-order chi connectivity index (χ1) is 6.65. The second kappa shape index (κ2) is 5.29. The Morgan fingerprint density at radius 1 is 1.64 bits per heavy atom. The molecule has 14 heavy (non-hydrogen) atoms. The molecule has 82 valence electrons. The summed E-state index contributed by atoms with van der Waals surface area (Å²) in [6, 6.07) is 0.0309. The summed E-state index contributed by atoms with van der Waals surface area (Å²) < 4.78 is 10.4. The summed E-state index contributed by atoms with van der Waals surface area (Å²) in [5.74, 6) is -0.0663. The van der Waals surface area contributed by atoms with Gasteiger partial charge in [-0.2, -0.15) is 0 Å². The number of rotatable bonds is 3. The molecule has 0 aromatic carbocycles. The van der Waals surface area contributed by atoms with E-state index in [4.69, 9.17) is 14.6 Å². The molecule has 3 atom stereocenters. The van der Waals surface area contributed by atoms with Gasteiger partial charge < -0.3 is 19.9 Å². The third-order valence-electron chi connectivity index (χ3n) is 2.24. The van der Waals surface area contributed by atoms with Gasteiger partial charge in [0.2, 0.25) is 5.91 Å². The highest BCUT2D eigenvalue weighted by Crippen LogP contribution is 2.19. The first-order valence-electron chi connectivity index (χ1n) is 4.72. The third kappa shape index (κ3) is 3.25. The van der Waals surface area contributed by atoms with Crippen molar-refractivity contribution in [2.75, 3.05) is 13.7 Å². The summed E-state index contributed by atoms with van der Waals surface area (Å²) in [4.78, 5) is 10.8. The van der Waals surface area contributed by atoms with Crippen LogP contribution in [0.2, 0.25) is 0 Å². The minimum absolute atomic E-state index is 0.0309. The Hall–Kier alpha value is -0.650. The quantitative estimate of drug-likeness (QED) is 0.657. The van der Waals surface area contributed by atoms with Gasteiger partial charge in [-0.05, 0) is 6.42 Å². The van der Waals surface area contributed by atoms with E-state index in [0.29, 0.717) is 12.8 Å². The minimum Gasteiger partial charge on any atom is -0.394 e. The van der Waals surface area contributed by atoms with E-state index in [1.54, 1.807) is 7.11 Å². The highest BCUT2D eigenvalue weighted by Gasteiger charge is 2.29. The van der Waals surface area contributed by atoms with Crippen LogP contribution in [0.4, 0.5) is 0 Å². The van der Waals surface area contributed by atoms with Crippen molar-refractivity contribution in [2.24, 2.45) is 0 Å². The van der Waals surface area contributed by atoms with Crippen LogP contribution in [0, 0.1) is 0 Å². The monoisotopic (exact) mass is 203 g/mol. The molecule has 1 aliphatic heterocycles. The number of carbonyl (C=O) groups is 1. The van der Waals surface area contributed by atoms with Gasteiger partial charge in [-0.3, -0.25) is 4.79 Å². The van der Waals surface area contributed by atoms with E-state index in [9.17, 15) is 4.79 Å². The lowest BCUT2D eigenvalue weighted by Crippen LogP contribution is -2.46. The number of hydrogen-bond donors (Lipinski definition) is 2. The number of aliphatic hydroxyl groups is 1. The maximum atomic E-state index is 10.8. The van der Waals surface area contributed by atoms with Crippen LogP contribution in [-0.2, 0) is 14.3 Å². The fraction of sp³-hybridized carbons (Fsp3) is 0.889. The maximum Gasteiger partial charge on any atom is 0.217 e. The molecule has 1 aliphatic rings. The Morgan fingerprint density at radius 2 is 2.36 bits per heavy atom. The number of nitrogens with one attached hydrogen (secondary N) is 1. The minimum atomic E-state index is -0.335. The summed E-state index contributed by atoms with van der Waals surface area (Å²) in [6.07, 6.45) is 0.686. The van der Waals surface area contributed by atoms with Crippen molar-refractivity contribution in [1.29, 1.82) is 0 Å². The second-order valence-corrected chi connectivity index (χ2v) is 3.47. The van der Waals surface area contributed by atoms with Crippen molar-refractivity contribution in [1.82, 2.24) is 5.32 Å². The number of ether oxygens (including phenoxy) is 2. The SMILES string of the molecule is COC1CC(NC(C)=O)CC(CO)O1. The molecule has 0 aliphatic carbocycles. The molecule has 0 radical (unpaired) electrons. The van der Waals surface area contributed by atoms with Crippen molar-refractivity contribution in [2.45, 2.75) is 38.2 Å². The van der Waals surface area contributed by atoms with Crippen molar-refractivity contribution >= 4 is 5.91 Å². The largest absolute Gasteiger partial charge is 0.394 e. The van der Waals surface area contributed by atoms with E-state index in [1.807, 2.05) is 0 Å². The molecule has 0 aromatic heterocycles. The Bertz CT molecular complexity index is 185. The molecule has 2 N–H and O–H groups in total. The Kier molecular flexibility index (Phi) is 4.31. The molecule has 5 nitrogen and oxygen atoms in total. The lowest BCUT2D eigenvalue weighted by Gasteiger charge is -2.33. The van der Waals surface area contributed by atoms with Crippen molar-refractivity contribution in [3.05, 3.63) is 0 Å². The topological polar surface area (TPSA) is 67.8 Å². The van der Waals surface area contributed by atoms with Gasteiger partial charge in [0.15, 0.2) is 6.29 Å². The smallest absolute Gasteiger partial charge is 0.217 e. The normalized spacial score (nSPS) is 32.6. The lowest BCUT2D eigenvalue weighted by atomic mass is 10.0. The van der Waals surface area contributed by atoms with Gasteiger partial charge in [0.25, 0.3) is 0 Å². The lowest BCUT2D eigenvalue weighted by molar-refractivity contribution is -0.194. The predicted molar refractivity (Wildman–Crippen MR) is 49.6 cm³/mol. The summed E-state index contributed by atoms with van der Waals surface area (Å²) in [5.41, 5.74) is 0. The van der Waals surface area contributed by atoms with Crippen LogP contribution in [0.15, 0.2) is 0 Å². The van der Waals surface area contributed by atoms with Gasteiger partial charge in [-0.15, -0.1) is 0 Å². The van der Waals surface area contributed by atoms with Crippen LogP contribution >= 0.6 is 0 Å². The molecular formula is C9H17NO4. The molecule has 1 rings (SSSR count). The molecule has 0 bridgehead atoms. The zero-order valence-electron chi connectivity index (χ0n) is 8.53. The van der Waals surface area contributed by atoms with Crippen LogP contribution < -0.4 is 5.32 Å². The fourth-order valence-corrected chi connectivity index (χ4v) is 1.65. The molecule has 5 heteroatoms. The first kappa shape index (κ1) is 11.4. The molecular weight excluding hydrogens is 186 g/mol. The van der Waals surface area contributed by atoms with Crippen LogP contribution in [-0.4, -0.2) is 43.2 Å². The number of amides is 1. The van der Waals surface area contributed by atoms with Gasteiger partial charge >= 0.3 is 0 Å². The summed E-state index contributed by atoms with van der Waals surface area (Å²) >= 11 is 0. The van der Waals surface area contributed by atoms with Gasteiger partial charge in [0, 0.05) is 26.5 Å². The molecule has 3 unspecified atom stereocenters. The van der Waals surface area contributed by atoms with Crippen molar-refractivity contribution in [3.8, 4) is 0 Å².